The minimum atomic E-state index is 0.0399. The van der Waals surface area contributed by atoms with Crippen LogP contribution in [0.5, 0.6) is 0 Å². The number of carbonyl (C=O) groups is 1. The first kappa shape index (κ1) is 9.04. The van der Waals surface area contributed by atoms with Crippen molar-refractivity contribution >= 4 is 5.91 Å². The van der Waals surface area contributed by atoms with E-state index in [1.165, 1.54) is 12.8 Å². The van der Waals surface area contributed by atoms with Crippen LogP contribution in [0.15, 0.2) is 0 Å². The first-order valence-corrected chi connectivity index (χ1v) is 5.19. The van der Waals surface area contributed by atoms with Gasteiger partial charge < -0.3 is 4.90 Å². The summed E-state index contributed by atoms with van der Waals surface area (Å²) in [5, 5.41) is 0. The van der Waals surface area contributed by atoms with Gasteiger partial charge in [-0.2, -0.15) is 0 Å². The highest BCUT2D eigenvalue weighted by atomic mass is 16.2. The zero-order valence-electron chi connectivity index (χ0n) is 8.89. The fourth-order valence-corrected chi connectivity index (χ4v) is 3.27. The Hall–Kier alpha value is -0.530. The van der Waals surface area contributed by atoms with Crippen molar-refractivity contribution < 1.29 is 4.79 Å². The Kier molecular flexibility index (Phi) is 1.73. The molecule has 0 radical (unpaired) electrons. The predicted octanol–water partition coefficient (Wildman–Crippen LogP) is 2.04. The van der Waals surface area contributed by atoms with Crippen LogP contribution in [0.3, 0.4) is 0 Å². The largest absolute Gasteiger partial charge is 0.348 e. The Bertz CT molecular complexity index is 236. The molecule has 2 aliphatic rings. The summed E-state index contributed by atoms with van der Waals surface area (Å²) in [5.74, 6) is 0.369. The third-order valence-electron chi connectivity index (χ3n) is 4.04. The lowest BCUT2D eigenvalue weighted by molar-refractivity contribution is -0.139. The number of carbonyl (C=O) groups excluding carboxylic acids is 1. The molecule has 74 valence electrons. The van der Waals surface area contributed by atoms with Crippen LogP contribution in [-0.2, 0) is 4.79 Å². The second kappa shape index (κ2) is 2.49. The zero-order chi connectivity index (χ0) is 9.69. The second-order valence-corrected chi connectivity index (χ2v) is 5.47. The average molecular weight is 181 g/mol. The normalized spacial score (nSPS) is 42.4. The number of hydrogen-bond donors (Lipinski definition) is 0. The van der Waals surface area contributed by atoms with E-state index in [0.29, 0.717) is 11.3 Å². The molecule has 2 saturated carbocycles. The molecule has 0 saturated heterocycles. The molecule has 0 atom stereocenters. The maximum atomic E-state index is 12.0. The van der Waals surface area contributed by atoms with Crippen molar-refractivity contribution in [1.82, 2.24) is 4.90 Å². The number of fused-ring (bicyclic) bond motifs is 2. The van der Waals surface area contributed by atoms with E-state index in [4.69, 9.17) is 0 Å². The summed E-state index contributed by atoms with van der Waals surface area (Å²) in [6.45, 7) is 2.34. The van der Waals surface area contributed by atoms with Gasteiger partial charge in [-0.25, -0.2) is 0 Å². The van der Waals surface area contributed by atoms with Crippen molar-refractivity contribution in [3.63, 3.8) is 0 Å². The quantitative estimate of drug-likeness (QED) is 0.606. The van der Waals surface area contributed by atoms with E-state index in [9.17, 15) is 4.79 Å². The molecule has 2 rings (SSSR count). The molecule has 2 aliphatic carbocycles. The number of nitrogens with zero attached hydrogens (tertiary/aromatic N) is 1. The summed E-state index contributed by atoms with van der Waals surface area (Å²) < 4.78 is 0. The molecule has 0 heterocycles. The fourth-order valence-electron chi connectivity index (χ4n) is 3.27. The molecule has 0 aromatic heterocycles. The monoisotopic (exact) mass is 181 g/mol. The minimum absolute atomic E-state index is 0.0399. The molecule has 0 aromatic carbocycles. The molecule has 0 spiro atoms. The topological polar surface area (TPSA) is 20.3 Å². The van der Waals surface area contributed by atoms with Gasteiger partial charge in [0.2, 0.25) is 5.91 Å². The maximum Gasteiger partial charge on any atom is 0.228 e. The molecule has 13 heavy (non-hydrogen) atoms. The lowest BCUT2D eigenvalue weighted by Crippen LogP contribution is -2.37. The lowest BCUT2D eigenvalue weighted by atomic mass is 9.82. The van der Waals surface area contributed by atoms with E-state index >= 15 is 0 Å². The zero-order valence-corrected chi connectivity index (χ0v) is 8.89. The molecule has 1 amide bonds. The second-order valence-electron chi connectivity index (χ2n) is 5.47. The smallest absolute Gasteiger partial charge is 0.228 e. The van der Waals surface area contributed by atoms with E-state index in [2.05, 4.69) is 6.92 Å². The number of rotatable bonds is 1. The minimum Gasteiger partial charge on any atom is -0.348 e. The summed E-state index contributed by atoms with van der Waals surface area (Å²) in [6.07, 6.45) is 5.90. The Morgan fingerprint density at radius 1 is 1.15 bits per heavy atom. The van der Waals surface area contributed by atoms with Gasteiger partial charge in [0.15, 0.2) is 0 Å². The molecule has 2 fully saturated rings. The molecule has 0 aliphatic heterocycles. The van der Waals surface area contributed by atoms with Crippen molar-refractivity contribution in [2.24, 2.45) is 10.8 Å². The Morgan fingerprint density at radius 2 is 1.69 bits per heavy atom. The van der Waals surface area contributed by atoms with Crippen LogP contribution in [0.25, 0.3) is 0 Å². The van der Waals surface area contributed by atoms with Crippen LogP contribution < -0.4 is 0 Å². The third kappa shape index (κ3) is 1.18. The van der Waals surface area contributed by atoms with Gasteiger partial charge in [0.05, 0.1) is 0 Å². The van der Waals surface area contributed by atoms with E-state index in [1.54, 1.807) is 4.90 Å². The number of hydrogen-bond acceptors (Lipinski definition) is 1. The van der Waals surface area contributed by atoms with E-state index in [-0.39, 0.29) is 5.41 Å². The summed E-state index contributed by atoms with van der Waals surface area (Å²) in [4.78, 5) is 13.8. The van der Waals surface area contributed by atoms with Crippen LogP contribution in [0.2, 0.25) is 0 Å². The van der Waals surface area contributed by atoms with Crippen LogP contribution in [-0.4, -0.2) is 24.9 Å². The Morgan fingerprint density at radius 3 is 2.00 bits per heavy atom. The molecular formula is C11H19NO. The molecule has 0 unspecified atom stereocenters. The van der Waals surface area contributed by atoms with Gasteiger partial charge in [0.1, 0.15) is 0 Å². The summed E-state index contributed by atoms with van der Waals surface area (Å²) >= 11 is 0. The van der Waals surface area contributed by atoms with Gasteiger partial charge in [0.25, 0.3) is 0 Å². The molecule has 0 N–H and O–H groups in total. The van der Waals surface area contributed by atoms with E-state index in [0.717, 1.165) is 19.3 Å². The fraction of sp³-hybridized carbons (Fsp3) is 0.909. The molecule has 2 nitrogen and oxygen atoms in total. The standard InChI is InChI=1S/C11H19NO/c1-10-4-6-11(8-10,7-5-10)9(13)12(2)3/h4-8H2,1-3H3. The summed E-state index contributed by atoms with van der Waals surface area (Å²) in [5.41, 5.74) is 0.532. The Balaban J connectivity index is 2.20. The van der Waals surface area contributed by atoms with Crippen LogP contribution in [0.4, 0.5) is 0 Å². The van der Waals surface area contributed by atoms with Gasteiger partial charge in [-0.1, -0.05) is 6.92 Å². The highest BCUT2D eigenvalue weighted by Crippen LogP contribution is 2.61. The highest BCUT2D eigenvalue weighted by molar-refractivity contribution is 5.83. The van der Waals surface area contributed by atoms with Crippen molar-refractivity contribution in [1.29, 1.82) is 0 Å². The van der Waals surface area contributed by atoms with Crippen molar-refractivity contribution in [3.05, 3.63) is 0 Å². The molecule has 2 bridgehead atoms. The summed E-state index contributed by atoms with van der Waals surface area (Å²) in [6, 6.07) is 0. The van der Waals surface area contributed by atoms with Gasteiger partial charge in [-0.05, 0) is 37.5 Å². The van der Waals surface area contributed by atoms with Crippen molar-refractivity contribution in [2.75, 3.05) is 14.1 Å². The average Bonchev–Trinajstić information content (AvgIpc) is 2.57. The van der Waals surface area contributed by atoms with Gasteiger partial charge in [-0.15, -0.1) is 0 Å². The van der Waals surface area contributed by atoms with Gasteiger partial charge in [0, 0.05) is 19.5 Å². The van der Waals surface area contributed by atoms with Crippen LogP contribution >= 0.6 is 0 Å². The maximum absolute atomic E-state index is 12.0. The first-order valence-electron chi connectivity index (χ1n) is 5.19. The Labute approximate surface area is 80.3 Å². The van der Waals surface area contributed by atoms with Gasteiger partial charge in [-0.3, -0.25) is 4.79 Å². The van der Waals surface area contributed by atoms with E-state index in [1.807, 2.05) is 14.1 Å². The van der Waals surface area contributed by atoms with E-state index < -0.39 is 0 Å². The third-order valence-corrected chi connectivity index (χ3v) is 4.04. The first-order chi connectivity index (χ1) is 5.98. The van der Waals surface area contributed by atoms with Crippen molar-refractivity contribution in [2.45, 2.75) is 39.0 Å². The predicted molar refractivity (Wildman–Crippen MR) is 52.3 cm³/mol. The molecule has 2 heteroatoms. The molecular weight excluding hydrogens is 162 g/mol. The lowest BCUT2D eigenvalue weighted by Gasteiger charge is -2.28. The molecule has 0 aromatic rings. The summed E-state index contributed by atoms with van der Waals surface area (Å²) in [7, 11) is 3.76. The van der Waals surface area contributed by atoms with Crippen LogP contribution in [0.1, 0.15) is 39.0 Å². The van der Waals surface area contributed by atoms with Crippen LogP contribution in [0, 0.1) is 10.8 Å². The SMILES string of the molecule is CN(C)C(=O)C12CCC(C)(CC1)C2. The van der Waals surface area contributed by atoms with Gasteiger partial charge >= 0.3 is 0 Å². The van der Waals surface area contributed by atoms with Crippen molar-refractivity contribution in [3.8, 4) is 0 Å². The highest BCUT2D eigenvalue weighted by Gasteiger charge is 2.55. The number of amides is 1.